The zero-order valence-electron chi connectivity index (χ0n) is 44.6. The van der Waals surface area contributed by atoms with Crippen LogP contribution in [0.1, 0.15) is 252 Å². The van der Waals surface area contributed by atoms with Crippen LogP contribution in [0, 0.1) is 17.3 Å². The highest BCUT2D eigenvalue weighted by molar-refractivity contribution is 5.77. The van der Waals surface area contributed by atoms with Crippen molar-refractivity contribution in [2.45, 2.75) is 265 Å². The predicted molar refractivity (Wildman–Crippen MR) is 280 cm³/mol. The molecule has 0 amide bonds. The van der Waals surface area contributed by atoms with Gasteiger partial charge < -0.3 is 23.8 Å². The molecular formula is C59H103NO8. The van der Waals surface area contributed by atoms with E-state index in [1.807, 2.05) is 6.92 Å². The van der Waals surface area contributed by atoms with E-state index in [4.69, 9.17) is 18.9 Å². The van der Waals surface area contributed by atoms with E-state index in [9.17, 15) is 19.2 Å². The summed E-state index contributed by atoms with van der Waals surface area (Å²) in [5.41, 5.74) is -0.489. The lowest BCUT2D eigenvalue weighted by atomic mass is 9.80. The number of rotatable bonds is 42. The van der Waals surface area contributed by atoms with E-state index in [2.05, 4.69) is 69.2 Å². The maximum absolute atomic E-state index is 13.5. The summed E-state index contributed by atoms with van der Waals surface area (Å²) in [6.07, 6.45) is 48.7. The predicted octanol–water partition coefficient (Wildman–Crippen LogP) is 15.5. The molecule has 2 aliphatic rings. The number of nitrogens with zero attached hydrogens (tertiary/aromatic N) is 1. The summed E-state index contributed by atoms with van der Waals surface area (Å²) >= 11 is 0. The normalized spacial score (nSPS) is 19.0. The molecule has 0 N–H and O–H groups in total. The number of carbonyl (C=O) groups excluding carboxylic acids is 4. The number of carbonyl (C=O) groups is 4. The SMILES string of the molecule is CC/C=C\CC1C(CC(=O)OCC(COC(=O)CCCCCCC/C=C\CCCCCCCC)OC(=O)CCCCCCC/C=C\CCCCCCCC)CCC1OC(=O)C1(C)CCN(C)CC1. The maximum Gasteiger partial charge on any atom is 0.312 e. The molecule has 0 aromatic rings. The summed E-state index contributed by atoms with van der Waals surface area (Å²) in [7, 11) is 2.09. The lowest BCUT2D eigenvalue weighted by Gasteiger charge is -2.37. The fourth-order valence-corrected chi connectivity index (χ4v) is 9.63. The topological polar surface area (TPSA) is 108 Å². The van der Waals surface area contributed by atoms with Gasteiger partial charge in [0.25, 0.3) is 0 Å². The van der Waals surface area contributed by atoms with E-state index in [1.54, 1.807) is 0 Å². The van der Waals surface area contributed by atoms with E-state index in [0.29, 0.717) is 12.8 Å². The Morgan fingerprint density at radius 2 is 1.01 bits per heavy atom. The lowest BCUT2D eigenvalue weighted by molar-refractivity contribution is -0.167. The van der Waals surface area contributed by atoms with E-state index in [-0.39, 0.29) is 67.9 Å². The molecule has 0 aromatic heterocycles. The minimum Gasteiger partial charge on any atom is -0.462 e. The van der Waals surface area contributed by atoms with Gasteiger partial charge in [-0.3, -0.25) is 19.2 Å². The molecule has 1 saturated carbocycles. The minimum atomic E-state index is -0.872. The van der Waals surface area contributed by atoms with Gasteiger partial charge in [-0.2, -0.15) is 0 Å². The highest BCUT2D eigenvalue weighted by atomic mass is 16.6. The number of allylic oxidation sites excluding steroid dienone is 6. The van der Waals surface area contributed by atoms with Crippen molar-refractivity contribution >= 4 is 23.9 Å². The Kier molecular flexibility index (Phi) is 36.7. The third kappa shape index (κ3) is 30.6. The van der Waals surface area contributed by atoms with Gasteiger partial charge in [-0.05, 0) is 136 Å². The largest absolute Gasteiger partial charge is 0.462 e. The fraction of sp³-hybridized carbons (Fsp3) is 0.831. The molecule has 68 heavy (non-hydrogen) atoms. The first-order valence-electron chi connectivity index (χ1n) is 28.5. The zero-order chi connectivity index (χ0) is 49.3. The molecule has 1 aliphatic carbocycles. The first-order valence-corrected chi connectivity index (χ1v) is 28.5. The van der Waals surface area contributed by atoms with Gasteiger partial charge in [-0.15, -0.1) is 0 Å². The Hall–Kier alpha value is -2.94. The molecule has 9 nitrogen and oxygen atoms in total. The van der Waals surface area contributed by atoms with Gasteiger partial charge in [0.05, 0.1) is 5.41 Å². The summed E-state index contributed by atoms with van der Waals surface area (Å²) in [6, 6.07) is 0. The van der Waals surface area contributed by atoms with Gasteiger partial charge in [0.15, 0.2) is 6.10 Å². The van der Waals surface area contributed by atoms with Crippen molar-refractivity contribution in [3.8, 4) is 0 Å². The van der Waals surface area contributed by atoms with E-state index in [0.717, 1.165) is 116 Å². The molecule has 4 atom stereocenters. The molecule has 392 valence electrons. The number of likely N-dealkylation sites (tertiary alicyclic amines) is 1. The van der Waals surface area contributed by atoms with Crippen molar-refractivity contribution in [2.24, 2.45) is 17.3 Å². The molecule has 1 aliphatic heterocycles. The van der Waals surface area contributed by atoms with E-state index < -0.39 is 11.5 Å². The second-order valence-corrected chi connectivity index (χ2v) is 20.8. The Labute approximate surface area is 417 Å². The van der Waals surface area contributed by atoms with Crippen LogP contribution in [-0.2, 0) is 38.1 Å². The van der Waals surface area contributed by atoms with Gasteiger partial charge in [0.2, 0.25) is 0 Å². The summed E-state index contributed by atoms with van der Waals surface area (Å²) in [5, 5.41) is 0. The Morgan fingerprint density at radius 3 is 1.51 bits per heavy atom. The molecule has 0 spiro atoms. The van der Waals surface area contributed by atoms with E-state index in [1.165, 1.54) is 96.3 Å². The van der Waals surface area contributed by atoms with Crippen molar-refractivity contribution < 1.29 is 38.1 Å². The third-order valence-corrected chi connectivity index (χ3v) is 14.4. The van der Waals surface area contributed by atoms with Crippen LogP contribution >= 0.6 is 0 Å². The van der Waals surface area contributed by atoms with E-state index >= 15 is 0 Å². The molecule has 2 fully saturated rings. The van der Waals surface area contributed by atoms with Crippen LogP contribution in [-0.4, -0.2) is 74.3 Å². The second-order valence-electron chi connectivity index (χ2n) is 20.8. The minimum absolute atomic E-state index is 0.00146. The average molecular weight is 954 g/mol. The lowest BCUT2D eigenvalue weighted by Crippen LogP contribution is -2.43. The van der Waals surface area contributed by atoms with Crippen LogP contribution in [0.4, 0.5) is 0 Å². The highest BCUT2D eigenvalue weighted by Crippen LogP contribution is 2.41. The molecular weight excluding hydrogens is 851 g/mol. The quantitative estimate of drug-likeness (QED) is 0.0256. The van der Waals surface area contributed by atoms with Crippen molar-refractivity contribution in [1.82, 2.24) is 4.90 Å². The molecule has 0 bridgehead atoms. The van der Waals surface area contributed by atoms with Crippen molar-refractivity contribution in [3.05, 3.63) is 36.5 Å². The van der Waals surface area contributed by atoms with Crippen LogP contribution in [0.3, 0.4) is 0 Å². The molecule has 1 saturated heterocycles. The maximum atomic E-state index is 13.5. The number of hydrogen-bond acceptors (Lipinski definition) is 9. The first-order chi connectivity index (χ1) is 33.1. The van der Waals surface area contributed by atoms with Gasteiger partial charge in [0, 0.05) is 25.2 Å². The number of esters is 4. The van der Waals surface area contributed by atoms with Crippen molar-refractivity contribution in [3.63, 3.8) is 0 Å². The van der Waals surface area contributed by atoms with Crippen LogP contribution in [0.2, 0.25) is 0 Å². The van der Waals surface area contributed by atoms with Crippen LogP contribution < -0.4 is 0 Å². The molecule has 4 unspecified atom stereocenters. The average Bonchev–Trinajstić information content (AvgIpc) is 3.70. The number of piperidine rings is 1. The van der Waals surface area contributed by atoms with Gasteiger partial charge in [0.1, 0.15) is 19.3 Å². The Balaban J connectivity index is 1.82. The second kappa shape index (κ2) is 40.8. The van der Waals surface area contributed by atoms with Crippen LogP contribution in [0.25, 0.3) is 0 Å². The smallest absolute Gasteiger partial charge is 0.312 e. The zero-order valence-corrected chi connectivity index (χ0v) is 44.6. The van der Waals surface area contributed by atoms with Crippen molar-refractivity contribution in [2.75, 3.05) is 33.4 Å². The monoisotopic (exact) mass is 954 g/mol. The number of unbranched alkanes of at least 4 members (excludes halogenated alkanes) is 22. The van der Waals surface area contributed by atoms with Crippen molar-refractivity contribution in [1.29, 1.82) is 0 Å². The summed E-state index contributed by atoms with van der Waals surface area (Å²) < 4.78 is 23.5. The molecule has 9 heteroatoms. The van der Waals surface area contributed by atoms with Gasteiger partial charge in [-0.1, -0.05) is 160 Å². The summed E-state index contributed by atoms with van der Waals surface area (Å²) in [5.74, 6) is -1.18. The Morgan fingerprint density at radius 1 is 0.559 bits per heavy atom. The fourth-order valence-electron chi connectivity index (χ4n) is 9.63. The summed E-state index contributed by atoms with van der Waals surface area (Å²) in [6.45, 7) is 10.1. The molecule has 0 radical (unpaired) electrons. The van der Waals surface area contributed by atoms with Crippen LogP contribution in [0.15, 0.2) is 36.5 Å². The molecule has 1 heterocycles. The molecule has 0 aromatic carbocycles. The third-order valence-electron chi connectivity index (χ3n) is 14.4. The Bertz CT molecular complexity index is 1380. The number of ether oxygens (including phenoxy) is 4. The van der Waals surface area contributed by atoms with Crippen LogP contribution in [0.5, 0.6) is 0 Å². The molecule has 2 rings (SSSR count). The number of hydrogen-bond donors (Lipinski definition) is 0. The van der Waals surface area contributed by atoms with Gasteiger partial charge >= 0.3 is 23.9 Å². The standard InChI is InChI=1S/C59H103NO8/c1-6-9-12-14-16-18-20-22-24-26-28-30-32-34-37-40-55(61)65-49-52(67-56(62)41-38-35-33-31-29-27-25-23-21-19-17-15-13-10-7-2)50-66-57(63)48-51-42-43-54(53(51)39-36-11-8-3)68-58(64)59(4)44-46-60(5)47-45-59/h11,22-25,36,51-54H,6-10,12-21,26-35,37-50H2,1-5H3/b24-22-,25-23-,36-11-. The first kappa shape index (κ1) is 61.2. The van der Waals surface area contributed by atoms with Gasteiger partial charge in [-0.25, -0.2) is 0 Å². The summed E-state index contributed by atoms with van der Waals surface area (Å²) in [4.78, 5) is 55.1. The highest BCUT2D eigenvalue weighted by Gasteiger charge is 2.43.